The Kier molecular flexibility index (Phi) is 5.63. The van der Waals surface area contributed by atoms with Crippen molar-refractivity contribution in [3.63, 3.8) is 0 Å². The lowest BCUT2D eigenvalue weighted by atomic mass is 9.92. The minimum atomic E-state index is -0.338. The van der Waals surface area contributed by atoms with Crippen LogP contribution in [-0.4, -0.2) is 28.9 Å². The van der Waals surface area contributed by atoms with Crippen LogP contribution in [0.2, 0.25) is 0 Å². The van der Waals surface area contributed by atoms with Crippen LogP contribution in [0.4, 0.5) is 0 Å². The summed E-state index contributed by atoms with van der Waals surface area (Å²) in [6.45, 7) is 5.54. The number of nitrogens with one attached hydrogen (secondary N) is 2. The van der Waals surface area contributed by atoms with Crippen LogP contribution in [-0.2, 0) is 16.0 Å². The van der Waals surface area contributed by atoms with Crippen LogP contribution in [0.1, 0.15) is 32.9 Å². The van der Waals surface area contributed by atoms with E-state index >= 15 is 0 Å². The molecule has 0 radical (unpaired) electrons. The molecule has 0 aliphatic carbocycles. The van der Waals surface area contributed by atoms with Gasteiger partial charge in [0.1, 0.15) is 0 Å². The number of nitrogens with zero attached hydrogens (tertiary/aromatic N) is 1. The van der Waals surface area contributed by atoms with Crippen LogP contribution >= 0.6 is 0 Å². The maximum Gasteiger partial charge on any atom is 0.240 e. The molecule has 0 saturated heterocycles. The lowest BCUT2D eigenvalue weighted by Crippen LogP contribution is -2.49. The Balaban J connectivity index is 2.55. The zero-order chi connectivity index (χ0) is 14.3. The molecule has 2 amide bonds. The number of aromatic nitrogens is 1. The number of hydrogen-bond acceptors (Lipinski definition) is 4. The molecule has 1 heterocycles. The predicted molar refractivity (Wildman–Crippen MR) is 73.5 cm³/mol. The Morgan fingerprint density at radius 3 is 2.63 bits per heavy atom. The zero-order valence-electron chi connectivity index (χ0n) is 11.7. The van der Waals surface area contributed by atoms with E-state index in [9.17, 15) is 9.59 Å². The molecule has 0 aromatic carbocycles. The van der Waals surface area contributed by atoms with Crippen molar-refractivity contribution in [2.24, 2.45) is 0 Å². The monoisotopic (exact) mass is 263 g/mol. The quantitative estimate of drug-likeness (QED) is 0.804. The van der Waals surface area contributed by atoms with E-state index in [2.05, 4.69) is 22.5 Å². The van der Waals surface area contributed by atoms with Crippen molar-refractivity contribution in [3.05, 3.63) is 30.1 Å². The molecule has 1 unspecified atom stereocenters. The van der Waals surface area contributed by atoms with Crippen molar-refractivity contribution < 1.29 is 9.59 Å². The van der Waals surface area contributed by atoms with Gasteiger partial charge in [0.15, 0.2) is 0 Å². The summed E-state index contributed by atoms with van der Waals surface area (Å²) in [6.07, 6.45) is 3.35. The average molecular weight is 263 g/mol. The van der Waals surface area contributed by atoms with Gasteiger partial charge in [-0.3, -0.25) is 19.9 Å². The molecule has 0 aliphatic rings. The third-order valence-corrected chi connectivity index (χ3v) is 3.07. The summed E-state index contributed by atoms with van der Waals surface area (Å²) < 4.78 is 0. The van der Waals surface area contributed by atoms with Crippen LogP contribution in [0.3, 0.4) is 0 Å². The summed E-state index contributed by atoms with van der Waals surface area (Å²) in [5.74, 6) is -0.650. The topological polar surface area (TPSA) is 71.1 Å². The van der Waals surface area contributed by atoms with Crippen molar-refractivity contribution in [1.82, 2.24) is 15.6 Å². The first-order chi connectivity index (χ1) is 8.95. The molecule has 0 aliphatic heterocycles. The number of amides is 2. The molecule has 5 nitrogen and oxygen atoms in total. The van der Waals surface area contributed by atoms with Gasteiger partial charge in [-0.1, -0.05) is 13.0 Å². The van der Waals surface area contributed by atoms with E-state index in [1.165, 1.54) is 6.92 Å². The van der Waals surface area contributed by atoms with Crippen molar-refractivity contribution in [2.75, 3.05) is 6.54 Å². The molecule has 2 N–H and O–H groups in total. The summed E-state index contributed by atoms with van der Waals surface area (Å²) in [7, 11) is 0. The predicted octanol–water partition coefficient (Wildman–Crippen LogP) is 1.05. The van der Waals surface area contributed by atoms with Gasteiger partial charge in [-0.2, -0.15) is 0 Å². The lowest BCUT2D eigenvalue weighted by Gasteiger charge is -2.29. The second kappa shape index (κ2) is 6.99. The molecule has 0 saturated carbocycles. The molecule has 0 spiro atoms. The number of carbonyl (C=O) groups excluding carboxylic acids is 2. The highest BCUT2D eigenvalue weighted by Gasteiger charge is 2.23. The summed E-state index contributed by atoms with van der Waals surface area (Å²) >= 11 is 0. The largest absolute Gasteiger partial charge is 0.303 e. The molecule has 0 bridgehead atoms. The highest BCUT2D eigenvalue weighted by Crippen LogP contribution is 2.15. The normalized spacial score (nSPS) is 13.6. The third kappa shape index (κ3) is 5.61. The van der Waals surface area contributed by atoms with Crippen LogP contribution in [0.15, 0.2) is 24.4 Å². The van der Waals surface area contributed by atoms with E-state index in [-0.39, 0.29) is 23.9 Å². The first kappa shape index (κ1) is 15.3. The molecule has 1 rings (SSSR count). The average Bonchev–Trinajstić information content (AvgIpc) is 2.37. The van der Waals surface area contributed by atoms with E-state index in [4.69, 9.17) is 0 Å². The Hall–Kier alpha value is -1.75. The minimum absolute atomic E-state index is 0.122. The van der Waals surface area contributed by atoms with Gasteiger partial charge >= 0.3 is 0 Å². The summed E-state index contributed by atoms with van der Waals surface area (Å²) in [5, 5.41) is 5.44. The zero-order valence-corrected chi connectivity index (χ0v) is 11.7. The van der Waals surface area contributed by atoms with Crippen molar-refractivity contribution in [3.8, 4) is 0 Å². The van der Waals surface area contributed by atoms with Gasteiger partial charge in [0.05, 0.1) is 6.54 Å². The van der Waals surface area contributed by atoms with Crippen molar-refractivity contribution in [1.29, 1.82) is 0 Å². The van der Waals surface area contributed by atoms with E-state index in [1.54, 1.807) is 6.20 Å². The van der Waals surface area contributed by atoms with Gasteiger partial charge < -0.3 is 5.32 Å². The van der Waals surface area contributed by atoms with Gasteiger partial charge in [0, 0.05) is 30.8 Å². The summed E-state index contributed by atoms with van der Waals surface area (Å²) in [5.41, 5.74) is 0.758. The standard InChI is InChI=1S/C14H21N3O2/c1-4-14(3,9-12-7-5-6-8-15-12)16-10-13(19)17-11(2)18/h5-8,16H,4,9-10H2,1-3H3,(H,17,18,19). The van der Waals surface area contributed by atoms with E-state index in [1.807, 2.05) is 25.1 Å². The Morgan fingerprint density at radius 1 is 1.37 bits per heavy atom. The fourth-order valence-electron chi connectivity index (χ4n) is 1.75. The Labute approximate surface area is 113 Å². The smallest absolute Gasteiger partial charge is 0.240 e. The number of imide groups is 1. The van der Waals surface area contributed by atoms with Gasteiger partial charge in [-0.25, -0.2) is 0 Å². The number of pyridine rings is 1. The molecule has 5 heteroatoms. The molecule has 1 atom stereocenters. The van der Waals surface area contributed by atoms with Gasteiger partial charge in [-0.05, 0) is 25.5 Å². The van der Waals surface area contributed by atoms with Crippen LogP contribution < -0.4 is 10.6 Å². The van der Waals surface area contributed by atoms with Crippen LogP contribution in [0.25, 0.3) is 0 Å². The number of carbonyl (C=O) groups is 2. The number of rotatable bonds is 6. The maximum absolute atomic E-state index is 11.5. The van der Waals surface area contributed by atoms with Crippen LogP contribution in [0.5, 0.6) is 0 Å². The Morgan fingerprint density at radius 2 is 2.11 bits per heavy atom. The first-order valence-corrected chi connectivity index (χ1v) is 6.40. The van der Waals surface area contributed by atoms with E-state index < -0.39 is 0 Å². The molecule has 19 heavy (non-hydrogen) atoms. The highest BCUT2D eigenvalue weighted by molar-refractivity contribution is 5.94. The highest BCUT2D eigenvalue weighted by atomic mass is 16.2. The fraction of sp³-hybridized carbons (Fsp3) is 0.500. The third-order valence-electron chi connectivity index (χ3n) is 3.07. The minimum Gasteiger partial charge on any atom is -0.303 e. The maximum atomic E-state index is 11.5. The SMILES string of the molecule is CCC(C)(Cc1ccccn1)NCC(=O)NC(C)=O. The molecule has 1 aromatic rings. The molecule has 104 valence electrons. The Bertz CT molecular complexity index is 434. The van der Waals surface area contributed by atoms with E-state index in [0.717, 1.165) is 18.5 Å². The molecular weight excluding hydrogens is 242 g/mol. The fourth-order valence-corrected chi connectivity index (χ4v) is 1.75. The lowest BCUT2D eigenvalue weighted by molar-refractivity contribution is -0.128. The number of hydrogen-bond donors (Lipinski definition) is 2. The molecular formula is C14H21N3O2. The summed E-state index contributed by atoms with van der Waals surface area (Å²) in [4.78, 5) is 26.5. The summed E-state index contributed by atoms with van der Waals surface area (Å²) in [6, 6.07) is 5.78. The van der Waals surface area contributed by atoms with Crippen molar-refractivity contribution in [2.45, 2.75) is 39.2 Å². The first-order valence-electron chi connectivity index (χ1n) is 6.40. The molecule has 1 aromatic heterocycles. The van der Waals surface area contributed by atoms with Gasteiger partial charge in [-0.15, -0.1) is 0 Å². The van der Waals surface area contributed by atoms with Gasteiger partial charge in [0.25, 0.3) is 0 Å². The van der Waals surface area contributed by atoms with Gasteiger partial charge in [0.2, 0.25) is 11.8 Å². The molecule has 0 fully saturated rings. The second-order valence-corrected chi connectivity index (χ2v) is 4.87. The van der Waals surface area contributed by atoms with E-state index in [0.29, 0.717) is 0 Å². The second-order valence-electron chi connectivity index (χ2n) is 4.87. The van der Waals surface area contributed by atoms with Crippen LogP contribution in [0, 0.1) is 0 Å². The van der Waals surface area contributed by atoms with Crippen molar-refractivity contribution >= 4 is 11.8 Å².